The normalized spacial score (nSPS) is 21.7. The summed E-state index contributed by atoms with van der Waals surface area (Å²) >= 11 is 1.54. The van der Waals surface area contributed by atoms with Crippen LogP contribution in [0, 0.1) is 5.41 Å². The van der Waals surface area contributed by atoms with E-state index in [0.29, 0.717) is 12.3 Å². The third-order valence-electron chi connectivity index (χ3n) is 6.80. The van der Waals surface area contributed by atoms with Crippen LogP contribution in [0.15, 0.2) is 12.7 Å². The molecule has 0 aromatic carbocycles. The Labute approximate surface area is 284 Å². The molecule has 9 N–H and O–H groups in total. The number of imidazole rings is 1. The molecule has 1 fully saturated rings. The summed E-state index contributed by atoms with van der Waals surface area (Å²) in [6, 6.07) is 0. The zero-order valence-corrected chi connectivity index (χ0v) is 29.9. The Bertz CT molecular complexity index is 1600. The van der Waals surface area contributed by atoms with Crippen LogP contribution in [0.1, 0.15) is 32.9 Å². The first-order chi connectivity index (χ1) is 22.7. The lowest BCUT2D eigenvalue weighted by Crippen LogP contribution is -2.46. The summed E-state index contributed by atoms with van der Waals surface area (Å²) in [5, 5.41) is 15.5. The number of aliphatic hydroxyl groups is 1. The van der Waals surface area contributed by atoms with Gasteiger partial charge in [-0.25, -0.2) is 28.6 Å². The van der Waals surface area contributed by atoms with Crippen molar-refractivity contribution in [2.24, 2.45) is 5.41 Å². The largest absolute Gasteiger partial charge is 0.481 e. The number of aromatic nitrogens is 4. The summed E-state index contributed by atoms with van der Waals surface area (Å²) in [6.07, 6.45) is -0.141. The summed E-state index contributed by atoms with van der Waals surface area (Å²) < 4.78 is 62.6. The van der Waals surface area contributed by atoms with Crippen molar-refractivity contribution >= 4 is 71.5 Å². The quantitative estimate of drug-likeness (QED) is 0.0522. The Morgan fingerprint density at radius 3 is 2.51 bits per heavy atom. The van der Waals surface area contributed by atoms with E-state index >= 15 is 0 Å². The summed E-state index contributed by atoms with van der Waals surface area (Å²) in [7, 11) is -14.9. The minimum absolute atomic E-state index is 0.0561. The Kier molecular flexibility index (Phi) is 14.8. The maximum Gasteiger partial charge on any atom is 0.481 e. The number of anilines is 1. The van der Waals surface area contributed by atoms with Crippen molar-refractivity contribution in [1.82, 2.24) is 30.2 Å². The van der Waals surface area contributed by atoms with Gasteiger partial charge in [-0.15, -0.1) is 0 Å². The van der Waals surface area contributed by atoms with Gasteiger partial charge in [-0.05, 0) is 6.26 Å². The number of thioether (sulfide) groups is 1. The number of fused-ring (bicyclic) bond motifs is 1. The zero-order valence-electron chi connectivity index (χ0n) is 26.4. The summed E-state index contributed by atoms with van der Waals surface area (Å²) in [5.41, 5.74) is 4.72. The molecule has 0 saturated carbocycles. The number of hydrogen-bond donors (Lipinski definition) is 8. The summed E-state index contributed by atoms with van der Waals surface area (Å²) in [5.74, 6) is -1.66. The lowest BCUT2D eigenvalue weighted by molar-refractivity contribution is -0.137. The van der Waals surface area contributed by atoms with Crippen molar-refractivity contribution in [2.45, 2.75) is 50.9 Å². The second-order valence-electron chi connectivity index (χ2n) is 11.2. The summed E-state index contributed by atoms with van der Waals surface area (Å²) in [6.45, 7) is 1.26. The maximum atomic E-state index is 12.6. The monoisotopic (exact) mass is 776 g/mol. The molecular formula is C22H38BN7O15P3S. The molecule has 27 heteroatoms. The van der Waals surface area contributed by atoms with Gasteiger partial charge < -0.3 is 45.7 Å². The van der Waals surface area contributed by atoms with Crippen LogP contribution in [0.2, 0.25) is 5.82 Å². The molecule has 1 aliphatic rings. The van der Waals surface area contributed by atoms with Gasteiger partial charge in [0.05, 0.1) is 25.6 Å². The van der Waals surface area contributed by atoms with E-state index in [1.807, 2.05) is 6.26 Å². The molecule has 3 unspecified atom stereocenters. The molecule has 3 rings (SSSR count). The van der Waals surface area contributed by atoms with Crippen LogP contribution in [0.3, 0.4) is 0 Å². The number of nitrogens with two attached hydrogens (primary N) is 1. The van der Waals surface area contributed by atoms with Gasteiger partial charge in [-0.2, -0.15) is 16.1 Å². The van der Waals surface area contributed by atoms with Gasteiger partial charge in [0.1, 0.15) is 24.2 Å². The molecule has 275 valence electrons. The van der Waals surface area contributed by atoms with E-state index in [1.165, 1.54) is 31.1 Å². The minimum Gasteiger partial charge on any atom is -0.421 e. The van der Waals surface area contributed by atoms with Crippen LogP contribution in [-0.2, 0) is 45.8 Å². The molecule has 0 bridgehead atoms. The lowest BCUT2D eigenvalue weighted by atomic mass is 9.73. The van der Waals surface area contributed by atoms with E-state index in [-0.39, 0.29) is 42.3 Å². The number of nitrogens with zero attached hydrogens (tertiary/aromatic N) is 4. The van der Waals surface area contributed by atoms with E-state index in [9.17, 15) is 48.0 Å². The molecule has 1 radical (unpaired) electrons. The van der Waals surface area contributed by atoms with Crippen LogP contribution in [0.5, 0.6) is 0 Å². The van der Waals surface area contributed by atoms with Gasteiger partial charge >= 0.3 is 31.0 Å². The van der Waals surface area contributed by atoms with Gasteiger partial charge in [0.15, 0.2) is 11.5 Å². The molecule has 2 aromatic heterocycles. The number of nitrogens with one attached hydrogen (secondary N) is 2. The highest BCUT2D eigenvalue weighted by Crippen LogP contribution is 2.61. The van der Waals surface area contributed by atoms with E-state index in [2.05, 4.69) is 29.9 Å². The Balaban J connectivity index is 1.54. The molecule has 1 saturated heterocycles. The molecule has 0 aliphatic carbocycles. The van der Waals surface area contributed by atoms with Gasteiger partial charge in [-0.1, -0.05) is 13.8 Å². The topological polar surface area (TPSA) is 326 Å². The first-order valence-corrected chi connectivity index (χ1v) is 20.2. The number of carbonyl (C=O) groups excluding carboxylic acids is 2. The zero-order chi connectivity index (χ0) is 36.6. The summed E-state index contributed by atoms with van der Waals surface area (Å²) in [4.78, 5) is 75.3. The molecule has 2 aromatic rings. The number of hydrogen-bond acceptors (Lipinski definition) is 16. The molecule has 3 heterocycles. The number of aliphatic hydroxyl groups excluding tert-OH is 1. The van der Waals surface area contributed by atoms with Crippen LogP contribution < -0.4 is 16.4 Å². The fraction of sp³-hybridized carbons (Fsp3) is 0.682. The second kappa shape index (κ2) is 17.5. The van der Waals surface area contributed by atoms with E-state index in [1.54, 1.807) is 11.8 Å². The van der Waals surface area contributed by atoms with Crippen LogP contribution in [-0.4, -0.2) is 114 Å². The Hall–Kier alpha value is -2.01. The van der Waals surface area contributed by atoms with Crippen LogP contribution in [0.4, 0.5) is 5.82 Å². The first kappa shape index (κ1) is 41.4. The highest BCUT2D eigenvalue weighted by molar-refractivity contribution is 7.98. The molecule has 22 nitrogen and oxygen atoms in total. The fourth-order valence-corrected chi connectivity index (χ4v) is 7.41. The van der Waals surface area contributed by atoms with E-state index in [0.717, 1.165) is 7.48 Å². The predicted molar refractivity (Wildman–Crippen MR) is 172 cm³/mol. The molecule has 49 heavy (non-hydrogen) atoms. The van der Waals surface area contributed by atoms with Crippen molar-refractivity contribution in [3.8, 4) is 0 Å². The lowest BCUT2D eigenvalue weighted by Gasteiger charge is -2.35. The Morgan fingerprint density at radius 1 is 1.14 bits per heavy atom. The smallest absolute Gasteiger partial charge is 0.421 e. The molecule has 2 amide bonds. The van der Waals surface area contributed by atoms with Crippen molar-refractivity contribution in [3.63, 3.8) is 0 Å². The molecule has 6 atom stereocenters. The van der Waals surface area contributed by atoms with E-state index in [4.69, 9.17) is 24.0 Å². The maximum absolute atomic E-state index is 12.6. The minimum atomic E-state index is -5.41. The standard InChI is InChI=1S/C22H38BN7O15P3S/c1-22(2,18(32)21(33)26-5-4-15(31)25-6-7-49-3)10-42-48(39,40)45-47(37,38)41-9-13-14(44-46(34,35)36)8-16(43-23-13)30-12-29-17-19(24)27-11-28-20(17)30/h11-14,16,18,32H,4-10H2,1-3H3,(H,25,31)(H,26,33)(H,37,38)(H,39,40)(H2,24,27,28)(H2,34,35,36)/t13-,14-,16-,18?/m1/s1. The first-order valence-electron chi connectivity index (χ1n) is 14.3. The SMILES string of the molecule is CSCCNC(=O)CCNC(=O)C(O)C(C)(C)COP(=O)(O)OP(=O)(O)OC[C@H]1[B]O[C@@H](n2cnc3c(N)ncnc32)C[C@H]1OP(=O)(O)O. The van der Waals surface area contributed by atoms with Gasteiger partial charge in [0, 0.05) is 42.9 Å². The molecule has 0 spiro atoms. The fourth-order valence-electron chi connectivity index (χ4n) is 4.23. The highest BCUT2D eigenvalue weighted by atomic mass is 32.2. The van der Waals surface area contributed by atoms with Gasteiger partial charge in [-0.3, -0.25) is 27.7 Å². The number of phosphoric ester groups is 3. The average molecular weight is 776 g/mol. The van der Waals surface area contributed by atoms with Crippen molar-refractivity contribution < 1.29 is 70.5 Å². The van der Waals surface area contributed by atoms with Gasteiger partial charge in [0.2, 0.25) is 11.8 Å². The highest BCUT2D eigenvalue weighted by Gasteiger charge is 2.43. The van der Waals surface area contributed by atoms with E-state index < -0.39 is 72.3 Å². The second-order valence-corrected chi connectivity index (χ2v) is 16.4. The Morgan fingerprint density at radius 2 is 1.84 bits per heavy atom. The molecular weight excluding hydrogens is 738 g/mol. The number of rotatable bonds is 19. The van der Waals surface area contributed by atoms with Crippen LogP contribution in [0.25, 0.3) is 11.2 Å². The third-order valence-corrected chi connectivity index (χ3v) is 10.5. The molecule has 1 aliphatic heterocycles. The van der Waals surface area contributed by atoms with Crippen molar-refractivity contribution in [1.29, 1.82) is 0 Å². The predicted octanol–water partition coefficient (Wildman–Crippen LogP) is -0.164. The van der Waals surface area contributed by atoms with Gasteiger partial charge in [0.25, 0.3) is 0 Å². The number of phosphoric acid groups is 3. The number of amides is 2. The average Bonchev–Trinajstić information content (AvgIpc) is 3.43. The van der Waals surface area contributed by atoms with Crippen molar-refractivity contribution in [3.05, 3.63) is 12.7 Å². The van der Waals surface area contributed by atoms with Crippen LogP contribution >= 0.6 is 35.2 Å². The number of nitrogen functional groups attached to an aromatic ring is 1. The van der Waals surface area contributed by atoms with Crippen molar-refractivity contribution in [2.75, 3.05) is 44.0 Å². The third kappa shape index (κ3) is 12.9. The number of carbonyl (C=O) groups is 2.